The molecule has 1 aromatic rings. The van der Waals surface area contributed by atoms with E-state index in [0.29, 0.717) is 51.4 Å². The lowest BCUT2D eigenvalue weighted by atomic mass is 10.1. The second-order valence-corrected chi connectivity index (χ2v) is 6.12. The van der Waals surface area contributed by atoms with Gasteiger partial charge in [-0.1, -0.05) is 18.2 Å². The minimum Gasteiger partial charge on any atom is -0.385 e. The Labute approximate surface area is 147 Å². The molecule has 25 heavy (non-hydrogen) atoms. The first-order chi connectivity index (χ1) is 12.1. The van der Waals surface area contributed by atoms with Crippen molar-refractivity contribution in [2.75, 3.05) is 53.0 Å². The lowest BCUT2D eigenvalue weighted by molar-refractivity contribution is -0.132. The molecule has 1 aromatic carbocycles. The van der Waals surface area contributed by atoms with E-state index in [4.69, 9.17) is 4.74 Å². The molecular formula is C18H26FN3O3. The fraction of sp³-hybridized carbons (Fsp3) is 0.556. The summed E-state index contributed by atoms with van der Waals surface area (Å²) in [6.07, 6.45) is 0.868. The number of hydrogen-bond donors (Lipinski definition) is 1. The van der Waals surface area contributed by atoms with Gasteiger partial charge in [-0.15, -0.1) is 0 Å². The van der Waals surface area contributed by atoms with E-state index >= 15 is 0 Å². The Balaban J connectivity index is 1.69. The molecule has 0 unspecified atom stereocenters. The fourth-order valence-electron chi connectivity index (χ4n) is 2.78. The molecule has 0 radical (unpaired) electrons. The minimum absolute atomic E-state index is 0.0118. The van der Waals surface area contributed by atoms with E-state index in [1.54, 1.807) is 30.2 Å². The molecule has 138 valence electrons. The highest BCUT2D eigenvalue weighted by Gasteiger charge is 2.22. The summed E-state index contributed by atoms with van der Waals surface area (Å²) in [6, 6.07) is 6.35. The van der Waals surface area contributed by atoms with Crippen molar-refractivity contribution >= 4 is 11.8 Å². The standard InChI is InChI=1S/C18H26FN3O3/c1-25-12-4-7-20-17(23)14-21-8-10-22(11-9-21)18(24)13-15-5-2-3-6-16(15)19/h2-3,5-6H,4,7-14H2,1H3,(H,20,23). The topological polar surface area (TPSA) is 61.9 Å². The van der Waals surface area contributed by atoms with Crippen molar-refractivity contribution in [3.63, 3.8) is 0 Å². The van der Waals surface area contributed by atoms with Crippen LogP contribution in [0.25, 0.3) is 0 Å². The van der Waals surface area contributed by atoms with Crippen LogP contribution in [0.2, 0.25) is 0 Å². The van der Waals surface area contributed by atoms with Crippen molar-refractivity contribution in [2.45, 2.75) is 12.8 Å². The SMILES string of the molecule is COCCCNC(=O)CN1CCN(C(=O)Cc2ccccc2F)CC1. The summed E-state index contributed by atoms with van der Waals surface area (Å²) < 4.78 is 18.6. The molecule has 0 aromatic heterocycles. The summed E-state index contributed by atoms with van der Waals surface area (Å²) >= 11 is 0. The number of piperazine rings is 1. The Hall–Kier alpha value is -1.99. The van der Waals surface area contributed by atoms with Crippen molar-refractivity contribution < 1.29 is 18.7 Å². The van der Waals surface area contributed by atoms with Gasteiger partial charge in [0, 0.05) is 46.4 Å². The molecule has 0 bridgehead atoms. The molecule has 1 N–H and O–H groups in total. The zero-order chi connectivity index (χ0) is 18.1. The van der Waals surface area contributed by atoms with Gasteiger partial charge in [0.25, 0.3) is 0 Å². The van der Waals surface area contributed by atoms with E-state index in [1.807, 2.05) is 4.90 Å². The molecule has 1 aliphatic rings. The first-order valence-corrected chi connectivity index (χ1v) is 8.59. The molecule has 0 aliphatic carbocycles. The van der Waals surface area contributed by atoms with Crippen molar-refractivity contribution in [3.05, 3.63) is 35.6 Å². The van der Waals surface area contributed by atoms with Crippen LogP contribution >= 0.6 is 0 Å². The lowest BCUT2D eigenvalue weighted by Crippen LogP contribution is -2.51. The Morgan fingerprint density at radius 3 is 2.60 bits per heavy atom. The van der Waals surface area contributed by atoms with Crippen LogP contribution in [0.1, 0.15) is 12.0 Å². The van der Waals surface area contributed by atoms with Crippen molar-refractivity contribution in [2.24, 2.45) is 0 Å². The fourth-order valence-corrected chi connectivity index (χ4v) is 2.78. The minimum atomic E-state index is -0.348. The summed E-state index contributed by atoms with van der Waals surface area (Å²) in [4.78, 5) is 27.9. The first kappa shape index (κ1) is 19.3. The third-order valence-corrected chi connectivity index (χ3v) is 4.24. The van der Waals surface area contributed by atoms with Crippen molar-refractivity contribution in [1.29, 1.82) is 0 Å². The molecule has 7 heteroatoms. The number of hydrogen-bond acceptors (Lipinski definition) is 4. The van der Waals surface area contributed by atoms with E-state index in [-0.39, 0.29) is 24.1 Å². The molecule has 1 heterocycles. The summed E-state index contributed by atoms with van der Waals surface area (Å²) in [5, 5.41) is 2.85. The van der Waals surface area contributed by atoms with Gasteiger partial charge < -0.3 is 15.0 Å². The van der Waals surface area contributed by atoms with Gasteiger partial charge in [0.2, 0.25) is 11.8 Å². The third-order valence-electron chi connectivity index (χ3n) is 4.24. The van der Waals surface area contributed by atoms with Crippen LogP contribution < -0.4 is 5.32 Å². The van der Waals surface area contributed by atoms with Gasteiger partial charge in [-0.3, -0.25) is 14.5 Å². The monoisotopic (exact) mass is 351 g/mol. The first-order valence-electron chi connectivity index (χ1n) is 8.59. The predicted molar refractivity (Wildman–Crippen MR) is 92.6 cm³/mol. The summed E-state index contributed by atoms with van der Waals surface area (Å²) in [6.45, 7) is 3.98. The largest absolute Gasteiger partial charge is 0.385 e. The summed E-state index contributed by atoms with van der Waals surface area (Å²) in [5.74, 6) is -0.435. The van der Waals surface area contributed by atoms with Gasteiger partial charge in [0.05, 0.1) is 13.0 Å². The normalized spacial score (nSPS) is 15.2. The van der Waals surface area contributed by atoms with Crippen LogP contribution in [0.15, 0.2) is 24.3 Å². The molecule has 0 spiro atoms. The molecule has 0 atom stereocenters. The van der Waals surface area contributed by atoms with Gasteiger partial charge in [-0.25, -0.2) is 4.39 Å². The third kappa shape index (κ3) is 6.43. The summed E-state index contributed by atoms with van der Waals surface area (Å²) in [7, 11) is 1.63. The van der Waals surface area contributed by atoms with E-state index in [2.05, 4.69) is 5.32 Å². The Morgan fingerprint density at radius 2 is 1.92 bits per heavy atom. The molecule has 1 saturated heterocycles. The number of nitrogens with zero attached hydrogens (tertiary/aromatic N) is 2. The Morgan fingerprint density at radius 1 is 1.20 bits per heavy atom. The van der Waals surface area contributed by atoms with Crippen LogP contribution in [0, 0.1) is 5.82 Å². The second kappa shape index (κ2) is 10.1. The molecule has 6 nitrogen and oxygen atoms in total. The smallest absolute Gasteiger partial charge is 0.234 e. The number of benzene rings is 1. The van der Waals surface area contributed by atoms with E-state index in [1.165, 1.54) is 6.07 Å². The van der Waals surface area contributed by atoms with Gasteiger partial charge in [-0.05, 0) is 18.1 Å². The zero-order valence-corrected chi connectivity index (χ0v) is 14.7. The highest BCUT2D eigenvalue weighted by atomic mass is 19.1. The molecular weight excluding hydrogens is 325 g/mol. The van der Waals surface area contributed by atoms with Crippen molar-refractivity contribution in [3.8, 4) is 0 Å². The Bertz CT molecular complexity index is 574. The second-order valence-electron chi connectivity index (χ2n) is 6.12. The number of carbonyl (C=O) groups is 2. The van der Waals surface area contributed by atoms with E-state index < -0.39 is 0 Å². The quantitative estimate of drug-likeness (QED) is 0.699. The number of halogens is 1. The highest BCUT2D eigenvalue weighted by molar-refractivity contribution is 5.79. The molecule has 2 rings (SSSR count). The highest BCUT2D eigenvalue weighted by Crippen LogP contribution is 2.10. The maximum Gasteiger partial charge on any atom is 0.234 e. The maximum atomic E-state index is 13.6. The van der Waals surface area contributed by atoms with E-state index in [0.717, 1.165) is 6.42 Å². The van der Waals surface area contributed by atoms with Gasteiger partial charge in [0.15, 0.2) is 0 Å². The van der Waals surface area contributed by atoms with Crippen LogP contribution in [-0.2, 0) is 20.7 Å². The number of rotatable bonds is 8. The van der Waals surface area contributed by atoms with Gasteiger partial charge >= 0.3 is 0 Å². The predicted octanol–water partition coefficient (Wildman–Crippen LogP) is 0.665. The number of nitrogens with one attached hydrogen (secondary N) is 1. The van der Waals surface area contributed by atoms with Crippen LogP contribution in [-0.4, -0.2) is 74.6 Å². The maximum absolute atomic E-state index is 13.6. The average Bonchev–Trinajstić information content (AvgIpc) is 2.61. The van der Waals surface area contributed by atoms with Crippen LogP contribution in [0.5, 0.6) is 0 Å². The molecule has 1 fully saturated rings. The molecule has 2 amide bonds. The van der Waals surface area contributed by atoms with E-state index in [9.17, 15) is 14.0 Å². The lowest BCUT2D eigenvalue weighted by Gasteiger charge is -2.34. The zero-order valence-electron chi connectivity index (χ0n) is 14.7. The number of ether oxygens (including phenoxy) is 1. The number of methoxy groups -OCH3 is 1. The van der Waals surface area contributed by atoms with Crippen LogP contribution in [0.3, 0.4) is 0 Å². The van der Waals surface area contributed by atoms with Crippen LogP contribution in [0.4, 0.5) is 4.39 Å². The number of carbonyl (C=O) groups excluding carboxylic acids is 2. The average molecular weight is 351 g/mol. The van der Waals surface area contributed by atoms with Crippen molar-refractivity contribution in [1.82, 2.24) is 15.1 Å². The van der Waals surface area contributed by atoms with Gasteiger partial charge in [-0.2, -0.15) is 0 Å². The molecule has 1 aliphatic heterocycles. The molecule has 0 saturated carbocycles. The Kier molecular flexibility index (Phi) is 7.81. The van der Waals surface area contributed by atoms with Gasteiger partial charge in [0.1, 0.15) is 5.82 Å². The summed E-state index contributed by atoms with van der Waals surface area (Å²) in [5.41, 5.74) is 0.422. The number of amides is 2.